The molecule has 1 amide bonds. The summed E-state index contributed by atoms with van der Waals surface area (Å²) in [5, 5.41) is 12.2. The molecule has 0 spiro atoms. The summed E-state index contributed by atoms with van der Waals surface area (Å²) in [4.78, 5) is 23.2. The molecule has 1 rings (SSSR count). The highest BCUT2D eigenvalue weighted by atomic mass is 16.4. The summed E-state index contributed by atoms with van der Waals surface area (Å²) >= 11 is 0. The van der Waals surface area contributed by atoms with Gasteiger partial charge in [0.15, 0.2) is 0 Å². The van der Waals surface area contributed by atoms with Crippen LogP contribution in [-0.4, -0.2) is 28.6 Å². The van der Waals surface area contributed by atoms with E-state index < -0.39 is 16.9 Å². The van der Waals surface area contributed by atoms with Gasteiger partial charge in [-0.3, -0.25) is 9.59 Å². The molecular formula is C13H24N2O3. The zero-order chi connectivity index (χ0) is 14.0. The number of nitrogens with two attached hydrogens (primary N) is 1. The number of aliphatic carboxylic acids is 1. The molecule has 5 nitrogen and oxygen atoms in total. The summed E-state index contributed by atoms with van der Waals surface area (Å²) in [7, 11) is 0. The average Bonchev–Trinajstić information content (AvgIpc) is 2.18. The van der Waals surface area contributed by atoms with Gasteiger partial charge in [-0.25, -0.2) is 0 Å². The topological polar surface area (TPSA) is 92.4 Å². The lowest BCUT2D eigenvalue weighted by Crippen LogP contribution is -2.53. The van der Waals surface area contributed by atoms with E-state index >= 15 is 0 Å². The van der Waals surface area contributed by atoms with Gasteiger partial charge < -0.3 is 16.2 Å². The van der Waals surface area contributed by atoms with Crippen molar-refractivity contribution in [2.45, 2.75) is 64.5 Å². The van der Waals surface area contributed by atoms with Crippen molar-refractivity contribution in [1.29, 1.82) is 0 Å². The Kier molecular flexibility index (Phi) is 4.37. The van der Waals surface area contributed by atoms with Gasteiger partial charge in [-0.15, -0.1) is 0 Å². The highest BCUT2D eigenvalue weighted by Gasteiger charge is 2.43. The maximum Gasteiger partial charge on any atom is 0.311 e. The highest BCUT2D eigenvalue weighted by molar-refractivity contribution is 5.80. The second-order valence-electron chi connectivity index (χ2n) is 6.25. The SMILES string of the molecule is CC(C)(N)CC(=O)NC1CCCCC1(C)C(=O)O. The Balaban J connectivity index is 2.69. The molecule has 1 fully saturated rings. The number of amides is 1. The minimum atomic E-state index is -0.855. The number of nitrogens with one attached hydrogen (secondary N) is 1. The van der Waals surface area contributed by atoms with Crippen molar-refractivity contribution in [3.63, 3.8) is 0 Å². The van der Waals surface area contributed by atoms with E-state index in [1.807, 2.05) is 0 Å². The standard InChI is InChI=1S/C13H24N2O3/c1-12(2,14)8-10(16)15-9-6-4-5-7-13(9,3)11(17)18/h9H,4-8,14H2,1-3H3,(H,15,16)(H,17,18). The van der Waals surface area contributed by atoms with Crippen LogP contribution in [0.5, 0.6) is 0 Å². The van der Waals surface area contributed by atoms with Crippen molar-refractivity contribution in [3.05, 3.63) is 0 Å². The molecule has 2 unspecified atom stereocenters. The summed E-state index contributed by atoms with van der Waals surface area (Å²) in [5.74, 6) is -0.999. The third-order valence-corrected chi connectivity index (χ3v) is 3.65. The molecule has 0 aliphatic heterocycles. The Morgan fingerprint density at radius 1 is 1.44 bits per heavy atom. The highest BCUT2D eigenvalue weighted by Crippen LogP contribution is 2.36. The number of carbonyl (C=O) groups excluding carboxylic acids is 1. The number of carboxylic acids is 1. The van der Waals surface area contributed by atoms with Crippen LogP contribution in [0.3, 0.4) is 0 Å². The summed E-state index contributed by atoms with van der Waals surface area (Å²) < 4.78 is 0. The van der Waals surface area contributed by atoms with Crippen LogP contribution in [0.15, 0.2) is 0 Å². The van der Waals surface area contributed by atoms with Gasteiger partial charge in [-0.05, 0) is 33.6 Å². The van der Waals surface area contributed by atoms with E-state index in [2.05, 4.69) is 5.32 Å². The Bertz CT molecular complexity index is 336. The molecule has 1 aliphatic carbocycles. The normalized spacial score (nSPS) is 28.8. The maximum atomic E-state index is 11.9. The molecule has 1 saturated carbocycles. The smallest absolute Gasteiger partial charge is 0.311 e. The first-order valence-corrected chi connectivity index (χ1v) is 6.47. The fourth-order valence-electron chi connectivity index (χ4n) is 2.48. The van der Waals surface area contributed by atoms with Crippen molar-refractivity contribution in [1.82, 2.24) is 5.32 Å². The van der Waals surface area contributed by atoms with Crippen LogP contribution in [0, 0.1) is 5.41 Å². The third-order valence-electron chi connectivity index (χ3n) is 3.65. The van der Waals surface area contributed by atoms with Crippen LogP contribution in [0.2, 0.25) is 0 Å². The van der Waals surface area contributed by atoms with Gasteiger partial charge in [-0.2, -0.15) is 0 Å². The van der Waals surface area contributed by atoms with Crippen LogP contribution < -0.4 is 11.1 Å². The van der Waals surface area contributed by atoms with E-state index in [4.69, 9.17) is 5.73 Å². The van der Waals surface area contributed by atoms with Crippen LogP contribution in [0.25, 0.3) is 0 Å². The molecule has 0 aromatic carbocycles. The van der Waals surface area contributed by atoms with E-state index in [-0.39, 0.29) is 18.4 Å². The van der Waals surface area contributed by atoms with Gasteiger partial charge in [-0.1, -0.05) is 12.8 Å². The van der Waals surface area contributed by atoms with E-state index in [9.17, 15) is 14.7 Å². The van der Waals surface area contributed by atoms with Gasteiger partial charge in [0.2, 0.25) is 5.91 Å². The maximum absolute atomic E-state index is 11.9. The first-order chi connectivity index (χ1) is 8.15. The predicted molar refractivity (Wildman–Crippen MR) is 69.0 cm³/mol. The van der Waals surface area contributed by atoms with Crippen molar-refractivity contribution in [3.8, 4) is 0 Å². The lowest BCUT2D eigenvalue weighted by molar-refractivity contribution is -0.152. The summed E-state index contributed by atoms with van der Waals surface area (Å²) in [6.45, 7) is 5.28. The van der Waals surface area contributed by atoms with Crippen molar-refractivity contribution >= 4 is 11.9 Å². The van der Waals surface area contributed by atoms with E-state index in [0.717, 1.165) is 19.3 Å². The molecule has 0 aromatic rings. The Hall–Kier alpha value is -1.10. The van der Waals surface area contributed by atoms with Crippen molar-refractivity contribution in [2.24, 2.45) is 11.1 Å². The van der Waals surface area contributed by atoms with Gasteiger partial charge >= 0.3 is 5.97 Å². The first kappa shape index (κ1) is 15.0. The minimum Gasteiger partial charge on any atom is -0.481 e. The largest absolute Gasteiger partial charge is 0.481 e. The van der Waals surface area contributed by atoms with E-state index in [1.165, 1.54) is 0 Å². The molecular weight excluding hydrogens is 232 g/mol. The number of carbonyl (C=O) groups is 2. The quantitative estimate of drug-likeness (QED) is 0.706. The Labute approximate surface area is 108 Å². The van der Waals surface area contributed by atoms with Crippen LogP contribution >= 0.6 is 0 Å². The van der Waals surface area contributed by atoms with E-state index in [0.29, 0.717) is 6.42 Å². The Morgan fingerprint density at radius 3 is 2.56 bits per heavy atom. The third kappa shape index (κ3) is 3.70. The molecule has 0 heterocycles. The molecule has 2 atom stereocenters. The van der Waals surface area contributed by atoms with Crippen LogP contribution in [-0.2, 0) is 9.59 Å². The summed E-state index contributed by atoms with van der Waals surface area (Å²) in [6.07, 6.45) is 3.40. The molecule has 104 valence electrons. The number of carboxylic acid groups (broad SMARTS) is 1. The fraction of sp³-hybridized carbons (Fsp3) is 0.846. The zero-order valence-electron chi connectivity index (χ0n) is 11.5. The second-order valence-corrected chi connectivity index (χ2v) is 6.25. The molecule has 1 aliphatic rings. The molecule has 4 N–H and O–H groups in total. The van der Waals surface area contributed by atoms with Crippen molar-refractivity contribution in [2.75, 3.05) is 0 Å². The Morgan fingerprint density at radius 2 is 2.06 bits per heavy atom. The van der Waals surface area contributed by atoms with Crippen LogP contribution in [0.4, 0.5) is 0 Å². The number of hydrogen-bond acceptors (Lipinski definition) is 3. The second kappa shape index (κ2) is 5.26. The predicted octanol–water partition coefficient (Wildman–Crippen LogP) is 1.26. The number of rotatable bonds is 4. The summed E-state index contributed by atoms with van der Waals surface area (Å²) in [5.41, 5.74) is 4.37. The lowest BCUT2D eigenvalue weighted by atomic mass is 9.71. The van der Waals surface area contributed by atoms with Crippen molar-refractivity contribution < 1.29 is 14.7 Å². The summed E-state index contributed by atoms with van der Waals surface area (Å²) in [6, 6.07) is -0.293. The zero-order valence-corrected chi connectivity index (χ0v) is 11.5. The molecule has 18 heavy (non-hydrogen) atoms. The minimum absolute atomic E-state index is 0.165. The lowest BCUT2D eigenvalue weighted by Gasteiger charge is -2.38. The van der Waals surface area contributed by atoms with Gasteiger partial charge in [0.25, 0.3) is 0 Å². The fourth-order valence-corrected chi connectivity index (χ4v) is 2.48. The molecule has 0 bridgehead atoms. The van der Waals surface area contributed by atoms with Crippen LogP contribution in [0.1, 0.15) is 52.9 Å². The first-order valence-electron chi connectivity index (χ1n) is 6.47. The molecule has 0 radical (unpaired) electrons. The molecule has 0 aromatic heterocycles. The average molecular weight is 256 g/mol. The van der Waals surface area contributed by atoms with E-state index in [1.54, 1.807) is 20.8 Å². The molecule has 5 heteroatoms. The number of hydrogen-bond donors (Lipinski definition) is 3. The van der Waals surface area contributed by atoms with Gasteiger partial charge in [0.05, 0.1) is 5.41 Å². The van der Waals surface area contributed by atoms with Gasteiger partial charge in [0.1, 0.15) is 0 Å². The molecule has 0 saturated heterocycles. The van der Waals surface area contributed by atoms with Gasteiger partial charge in [0, 0.05) is 18.0 Å². The monoisotopic (exact) mass is 256 g/mol.